The second kappa shape index (κ2) is 6.98. The van der Waals surface area contributed by atoms with Gasteiger partial charge in [-0.1, -0.05) is 12.1 Å². The lowest BCUT2D eigenvalue weighted by Gasteiger charge is -2.27. The number of hydrogen-bond donors (Lipinski definition) is 1. The second-order valence-corrected chi connectivity index (χ2v) is 5.14. The Morgan fingerprint density at radius 3 is 2.79 bits per heavy atom. The summed E-state index contributed by atoms with van der Waals surface area (Å²) < 4.78 is 18.8. The summed E-state index contributed by atoms with van der Waals surface area (Å²) in [5.74, 6) is -0.126. The molecule has 1 aliphatic rings. The highest BCUT2D eigenvalue weighted by atomic mass is 19.1. The number of nitrogens with one attached hydrogen (secondary N) is 1. The van der Waals surface area contributed by atoms with E-state index >= 15 is 0 Å². The van der Waals surface area contributed by atoms with Gasteiger partial charge in [0, 0.05) is 32.2 Å². The third kappa shape index (κ3) is 4.27. The maximum atomic E-state index is 13.5. The number of rotatable bonds is 5. The van der Waals surface area contributed by atoms with Crippen LogP contribution in [0.4, 0.5) is 4.39 Å². The molecule has 1 atom stereocenters. The van der Waals surface area contributed by atoms with Crippen LogP contribution in [0.15, 0.2) is 18.2 Å². The molecule has 0 amide bonds. The van der Waals surface area contributed by atoms with Crippen LogP contribution in [-0.2, 0) is 4.74 Å². The van der Waals surface area contributed by atoms with Crippen LogP contribution in [0.1, 0.15) is 24.1 Å². The Hall–Kier alpha value is -0.970. The topological polar surface area (TPSA) is 24.5 Å². The number of morpholine rings is 1. The van der Waals surface area contributed by atoms with Gasteiger partial charge in [-0.2, -0.15) is 0 Å². The highest BCUT2D eigenvalue weighted by Crippen LogP contribution is 2.16. The first-order valence-electron chi connectivity index (χ1n) is 6.96. The zero-order chi connectivity index (χ0) is 13.7. The molecule has 106 valence electrons. The highest BCUT2D eigenvalue weighted by molar-refractivity contribution is 5.25. The van der Waals surface area contributed by atoms with Gasteiger partial charge in [-0.15, -0.1) is 0 Å². The van der Waals surface area contributed by atoms with Gasteiger partial charge in [-0.05, 0) is 31.0 Å². The number of nitrogens with zero attached hydrogens (tertiary/aromatic N) is 1. The van der Waals surface area contributed by atoms with Gasteiger partial charge in [-0.3, -0.25) is 4.90 Å². The van der Waals surface area contributed by atoms with Crippen molar-refractivity contribution >= 4 is 0 Å². The van der Waals surface area contributed by atoms with Crippen LogP contribution in [0.2, 0.25) is 0 Å². The summed E-state index contributed by atoms with van der Waals surface area (Å²) in [6.45, 7) is 9.47. The highest BCUT2D eigenvalue weighted by Gasteiger charge is 2.11. The van der Waals surface area contributed by atoms with E-state index in [9.17, 15) is 4.39 Å². The molecule has 1 aromatic carbocycles. The zero-order valence-corrected chi connectivity index (χ0v) is 11.8. The summed E-state index contributed by atoms with van der Waals surface area (Å²) in [6, 6.07) is 5.63. The summed E-state index contributed by atoms with van der Waals surface area (Å²) in [5.41, 5.74) is 1.70. The Kier molecular flexibility index (Phi) is 5.31. The van der Waals surface area contributed by atoms with Crippen molar-refractivity contribution in [3.8, 4) is 0 Å². The Labute approximate surface area is 114 Å². The van der Waals surface area contributed by atoms with Crippen LogP contribution in [0.3, 0.4) is 0 Å². The van der Waals surface area contributed by atoms with E-state index in [0.717, 1.165) is 45.0 Å². The molecule has 0 aliphatic carbocycles. The van der Waals surface area contributed by atoms with Crippen LogP contribution in [0.25, 0.3) is 0 Å². The monoisotopic (exact) mass is 266 g/mol. The Morgan fingerprint density at radius 2 is 2.11 bits per heavy atom. The van der Waals surface area contributed by atoms with Crippen molar-refractivity contribution in [3.05, 3.63) is 35.1 Å². The molecule has 19 heavy (non-hydrogen) atoms. The summed E-state index contributed by atoms with van der Waals surface area (Å²) >= 11 is 0. The van der Waals surface area contributed by atoms with Crippen LogP contribution in [0, 0.1) is 12.7 Å². The minimum Gasteiger partial charge on any atom is -0.379 e. The first-order valence-corrected chi connectivity index (χ1v) is 6.96. The molecule has 1 aliphatic heterocycles. The number of halogens is 1. The molecule has 0 bridgehead atoms. The van der Waals surface area contributed by atoms with Gasteiger partial charge >= 0.3 is 0 Å². The fourth-order valence-electron chi connectivity index (χ4n) is 2.26. The van der Waals surface area contributed by atoms with Crippen molar-refractivity contribution < 1.29 is 9.13 Å². The van der Waals surface area contributed by atoms with Crippen LogP contribution < -0.4 is 5.32 Å². The van der Waals surface area contributed by atoms with Gasteiger partial charge < -0.3 is 10.1 Å². The predicted molar refractivity (Wildman–Crippen MR) is 74.8 cm³/mol. The van der Waals surface area contributed by atoms with Gasteiger partial charge in [0.15, 0.2) is 0 Å². The quantitative estimate of drug-likeness (QED) is 0.883. The number of ether oxygens (including phenoxy) is 1. The summed E-state index contributed by atoms with van der Waals surface area (Å²) in [7, 11) is 0. The molecule has 4 heteroatoms. The van der Waals surface area contributed by atoms with Crippen molar-refractivity contribution in [2.45, 2.75) is 19.9 Å². The predicted octanol–water partition coefficient (Wildman–Crippen LogP) is 2.12. The fourth-order valence-corrected chi connectivity index (χ4v) is 2.26. The van der Waals surface area contributed by atoms with E-state index in [2.05, 4.69) is 17.1 Å². The molecule has 1 heterocycles. The Morgan fingerprint density at radius 1 is 1.37 bits per heavy atom. The molecular weight excluding hydrogens is 243 g/mol. The molecule has 0 saturated carbocycles. The van der Waals surface area contributed by atoms with E-state index < -0.39 is 0 Å². The first kappa shape index (κ1) is 14.4. The van der Waals surface area contributed by atoms with E-state index in [-0.39, 0.29) is 11.9 Å². The average molecular weight is 266 g/mol. The van der Waals surface area contributed by atoms with Gasteiger partial charge in [0.2, 0.25) is 0 Å². The normalized spacial score (nSPS) is 18.5. The maximum absolute atomic E-state index is 13.5. The van der Waals surface area contributed by atoms with E-state index in [4.69, 9.17) is 4.74 Å². The lowest BCUT2D eigenvalue weighted by molar-refractivity contribution is 0.0382. The molecule has 3 nitrogen and oxygen atoms in total. The lowest BCUT2D eigenvalue weighted by Crippen LogP contribution is -2.40. The first-order chi connectivity index (χ1) is 9.16. The molecular formula is C15H23FN2O. The SMILES string of the molecule is Cc1ccc(C(C)NCCN2CCOCC2)cc1F. The van der Waals surface area contributed by atoms with Gasteiger partial charge in [0.1, 0.15) is 5.82 Å². The number of aryl methyl sites for hydroxylation is 1. The number of hydrogen-bond acceptors (Lipinski definition) is 3. The van der Waals surface area contributed by atoms with Crippen molar-refractivity contribution in [2.24, 2.45) is 0 Å². The molecule has 2 rings (SSSR count). The van der Waals surface area contributed by atoms with E-state index in [1.54, 1.807) is 13.0 Å². The molecule has 0 radical (unpaired) electrons. The second-order valence-electron chi connectivity index (χ2n) is 5.14. The molecule has 1 aromatic rings. The van der Waals surface area contributed by atoms with Crippen molar-refractivity contribution in [3.63, 3.8) is 0 Å². The van der Waals surface area contributed by atoms with Gasteiger partial charge in [0.25, 0.3) is 0 Å². The van der Waals surface area contributed by atoms with E-state index in [0.29, 0.717) is 5.56 Å². The Balaban J connectivity index is 1.76. The van der Waals surface area contributed by atoms with Crippen molar-refractivity contribution in [1.29, 1.82) is 0 Å². The largest absolute Gasteiger partial charge is 0.379 e. The molecule has 1 N–H and O–H groups in total. The molecule has 0 aromatic heterocycles. The standard InChI is InChI=1S/C15H23FN2O/c1-12-3-4-14(11-15(12)16)13(2)17-5-6-18-7-9-19-10-8-18/h3-4,11,13,17H,5-10H2,1-2H3. The third-order valence-corrected chi connectivity index (χ3v) is 3.68. The number of benzene rings is 1. The Bertz CT molecular complexity index is 405. The third-order valence-electron chi connectivity index (χ3n) is 3.68. The summed E-state index contributed by atoms with van der Waals surface area (Å²) in [6.07, 6.45) is 0. The fraction of sp³-hybridized carbons (Fsp3) is 0.600. The van der Waals surface area contributed by atoms with Crippen molar-refractivity contribution in [1.82, 2.24) is 10.2 Å². The van der Waals surface area contributed by atoms with Crippen LogP contribution >= 0.6 is 0 Å². The van der Waals surface area contributed by atoms with E-state index in [1.165, 1.54) is 0 Å². The molecule has 1 fully saturated rings. The minimum absolute atomic E-state index is 0.126. The average Bonchev–Trinajstić information content (AvgIpc) is 2.43. The van der Waals surface area contributed by atoms with Crippen molar-refractivity contribution in [2.75, 3.05) is 39.4 Å². The van der Waals surface area contributed by atoms with E-state index in [1.807, 2.05) is 12.1 Å². The smallest absolute Gasteiger partial charge is 0.126 e. The summed E-state index contributed by atoms with van der Waals surface area (Å²) in [5, 5.41) is 3.44. The zero-order valence-electron chi connectivity index (χ0n) is 11.8. The minimum atomic E-state index is -0.126. The van der Waals surface area contributed by atoms with Gasteiger partial charge in [0.05, 0.1) is 13.2 Å². The molecule has 1 unspecified atom stereocenters. The molecule has 1 saturated heterocycles. The molecule has 0 spiro atoms. The summed E-state index contributed by atoms with van der Waals surface area (Å²) in [4.78, 5) is 2.39. The lowest BCUT2D eigenvalue weighted by atomic mass is 10.1. The van der Waals surface area contributed by atoms with Gasteiger partial charge in [-0.25, -0.2) is 4.39 Å². The van der Waals surface area contributed by atoms with Crippen LogP contribution in [-0.4, -0.2) is 44.3 Å². The maximum Gasteiger partial charge on any atom is 0.126 e. The van der Waals surface area contributed by atoms with Crippen LogP contribution in [0.5, 0.6) is 0 Å².